The molecule has 2 aromatic carbocycles. The number of methoxy groups -OCH3 is 1. The summed E-state index contributed by atoms with van der Waals surface area (Å²) in [5.74, 6) is -2.02. The zero-order valence-corrected chi connectivity index (χ0v) is 25.5. The van der Waals surface area contributed by atoms with Gasteiger partial charge in [0.2, 0.25) is 17.7 Å². The van der Waals surface area contributed by atoms with E-state index in [-0.39, 0.29) is 18.2 Å². The average Bonchev–Trinajstić information content (AvgIpc) is 3.01. The van der Waals surface area contributed by atoms with Crippen LogP contribution in [0.5, 0.6) is 0 Å². The summed E-state index contributed by atoms with van der Waals surface area (Å²) in [6.07, 6.45) is 5.19. The maximum atomic E-state index is 13.7. The number of urea groups is 1. The number of benzene rings is 2. The summed E-state index contributed by atoms with van der Waals surface area (Å²) >= 11 is 0. The van der Waals surface area contributed by atoms with E-state index in [1.165, 1.54) is 13.2 Å². The van der Waals surface area contributed by atoms with Crippen LogP contribution in [0.3, 0.4) is 0 Å². The van der Waals surface area contributed by atoms with E-state index in [4.69, 9.17) is 4.74 Å². The van der Waals surface area contributed by atoms with E-state index in [0.717, 1.165) is 11.1 Å². The van der Waals surface area contributed by atoms with Crippen molar-refractivity contribution in [3.63, 3.8) is 0 Å². The first-order valence-corrected chi connectivity index (χ1v) is 15.0. The molecule has 1 aliphatic heterocycles. The van der Waals surface area contributed by atoms with Crippen LogP contribution in [-0.4, -0.2) is 67.5 Å². The molecule has 1 aliphatic rings. The molecular weight excluding hydrogens is 562 g/mol. The number of esters is 1. The van der Waals surface area contributed by atoms with Crippen LogP contribution >= 0.6 is 0 Å². The molecule has 0 unspecified atom stereocenters. The maximum Gasteiger partial charge on any atom is 0.328 e. The third-order valence-electron chi connectivity index (χ3n) is 7.27. The third-order valence-corrected chi connectivity index (χ3v) is 7.27. The predicted molar refractivity (Wildman–Crippen MR) is 166 cm³/mol. The number of rotatable bonds is 10. The highest BCUT2D eigenvalue weighted by Crippen LogP contribution is 2.10. The lowest BCUT2D eigenvalue weighted by Crippen LogP contribution is -2.58. The summed E-state index contributed by atoms with van der Waals surface area (Å²) in [6.45, 7) is 3.97. The Hall–Kier alpha value is -4.67. The summed E-state index contributed by atoms with van der Waals surface area (Å²) in [5.41, 5.74) is 1.77. The molecule has 5 amide bonds. The Morgan fingerprint density at radius 2 is 1.59 bits per heavy atom. The Balaban J connectivity index is 1.79. The molecule has 0 spiro atoms. The van der Waals surface area contributed by atoms with Gasteiger partial charge in [0.1, 0.15) is 18.1 Å². The van der Waals surface area contributed by atoms with E-state index in [1.54, 1.807) is 19.9 Å². The first-order valence-electron chi connectivity index (χ1n) is 15.0. The molecule has 3 rings (SSSR count). The SMILES string of the molecule is COC(=O)[C@@H](NC(=O)N[C@@H](Cc1ccccc1)C(=O)N[C@H]1CCCCNC(=O)C=C[C@H](Cc2ccccc2)NC1=O)C(C)C. The van der Waals surface area contributed by atoms with Gasteiger partial charge in [-0.2, -0.15) is 0 Å². The van der Waals surface area contributed by atoms with Gasteiger partial charge in [-0.15, -0.1) is 0 Å². The van der Waals surface area contributed by atoms with Gasteiger partial charge in [0.05, 0.1) is 13.2 Å². The van der Waals surface area contributed by atoms with Gasteiger partial charge in [-0.05, 0) is 42.7 Å². The van der Waals surface area contributed by atoms with E-state index in [1.807, 2.05) is 60.7 Å². The van der Waals surface area contributed by atoms with Gasteiger partial charge in [-0.25, -0.2) is 9.59 Å². The molecule has 0 radical (unpaired) electrons. The van der Waals surface area contributed by atoms with E-state index < -0.39 is 48.0 Å². The van der Waals surface area contributed by atoms with Crippen molar-refractivity contribution in [3.8, 4) is 0 Å². The van der Waals surface area contributed by atoms with Crippen LogP contribution in [0.2, 0.25) is 0 Å². The molecule has 0 saturated carbocycles. The van der Waals surface area contributed by atoms with Gasteiger partial charge in [-0.3, -0.25) is 14.4 Å². The van der Waals surface area contributed by atoms with Crippen molar-refractivity contribution in [2.75, 3.05) is 13.7 Å². The van der Waals surface area contributed by atoms with E-state index in [2.05, 4.69) is 26.6 Å². The standard InChI is InChI=1S/C33H43N5O6/c1-22(2)29(32(42)44-3)38-33(43)37-27(21-24-14-8-5-9-15-24)31(41)36-26-16-10-11-19-34-28(39)18-17-25(35-30(26)40)20-23-12-6-4-7-13-23/h4-9,12-15,17-18,22,25-27,29H,10-11,16,19-21H2,1-3H3,(H,34,39)(H,35,40)(H,36,41)(H2,37,38,43)/t25-,26+,27+,29+/m1/s1. The number of carbonyl (C=O) groups is 5. The number of hydrogen-bond acceptors (Lipinski definition) is 6. The fourth-order valence-electron chi connectivity index (χ4n) is 4.83. The molecule has 0 aliphatic carbocycles. The van der Waals surface area contributed by atoms with Gasteiger partial charge in [0, 0.05) is 19.0 Å². The largest absolute Gasteiger partial charge is 0.467 e. The van der Waals surface area contributed by atoms with Crippen molar-refractivity contribution in [1.82, 2.24) is 26.6 Å². The summed E-state index contributed by atoms with van der Waals surface area (Å²) in [6, 6.07) is 14.7. The Morgan fingerprint density at radius 1 is 0.932 bits per heavy atom. The Labute approximate surface area is 258 Å². The Bertz CT molecular complexity index is 1280. The third kappa shape index (κ3) is 11.2. The van der Waals surface area contributed by atoms with Crippen molar-refractivity contribution >= 4 is 29.7 Å². The van der Waals surface area contributed by atoms with Gasteiger partial charge in [0.25, 0.3) is 0 Å². The zero-order chi connectivity index (χ0) is 31.9. The van der Waals surface area contributed by atoms with Crippen molar-refractivity contribution < 1.29 is 28.7 Å². The minimum Gasteiger partial charge on any atom is -0.467 e. The minimum absolute atomic E-state index is 0.157. The van der Waals surface area contributed by atoms with Crippen LogP contribution in [0.1, 0.15) is 44.2 Å². The number of carbonyl (C=O) groups excluding carboxylic acids is 5. The van der Waals surface area contributed by atoms with Crippen molar-refractivity contribution in [2.24, 2.45) is 5.92 Å². The monoisotopic (exact) mass is 605 g/mol. The van der Waals surface area contributed by atoms with Crippen molar-refractivity contribution in [3.05, 3.63) is 83.9 Å². The molecule has 11 nitrogen and oxygen atoms in total. The van der Waals surface area contributed by atoms with Crippen LogP contribution < -0.4 is 26.6 Å². The smallest absolute Gasteiger partial charge is 0.328 e. The molecule has 0 aromatic heterocycles. The van der Waals surface area contributed by atoms with E-state index in [9.17, 15) is 24.0 Å². The highest BCUT2D eigenvalue weighted by Gasteiger charge is 2.30. The second-order valence-electron chi connectivity index (χ2n) is 11.1. The van der Waals surface area contributed by atoms with Gasteiger partial charge >= 0.3 is 12.0 Å². The van der Waals surface area contributed by atoms with Crippen LogP contribution in [0.4, 0.5) is 4.79 Å². The van der Waals surface area contributed by atoms with Crippen molar-refractivity contribution in [2.45, 2.75) is 70.1 Å². The Morgan fingerprint density at radius 3 is 2.23 bits per heavy atom. The molecule has 0 fully saturated rings. The number of amides is 5. The lowest BCUT2D eigenvalue weighted by molar-refractivity contribution is -0.144. The molecule has 1 heterocycles. The van der Waals surface area contributed by atoms with E-state index in [0.29, 0.717) is 32.2 Å². The first-order chi connectivity index (χ1) is 21.2. The molecule has 0 bridgehead atoms. The molecular formula is C33H43N5O6. The minimum atomic E-state index is -1.05. The summed E-state index contributed by atoms with van der Waals surface area (Å²) in [4.78, 5) is 64.7. The molecule has 2 aromatic rings. The highest BCUT2D eigenvalue weighted by molar-refractivity contribution is 5.93. The molecule has 5 N–H and O–H groups in total. The van der Waals surface area contributed by atoms with Crippen LogP contribution in [0.15, 0.2) is 72.8 Å². The lowest BCUT2D eigenvalue weighted by Gasteiger charge is -2.26. The molecule has 236 valence electrons. The van der Waals surface area contributed by atoms with Crippen LogP contribution in [-0.2, 0) is 36.8 Å². The predicted octanol–water partition coefficient (Wildman–Crippen LogP) is 2.16. The molecule has 44 heavy (non-hydrogen) atoms. The first kappa shape index (κ1) is 33.8. The number of ether oxygens (including phenoxy) is 1. The van der Waals surface area contributed by atoms with Gasteiger partial charge < -0.3 is 31.3 Å². The summed E-state index contributed by atoms with van der Waals surface area (Å²) < 4.78 is 4.81. The number of nitrogens with one attached hydrogen (secondary N) is 5. The van der Waals surface area contributed by atoms with Gasteiger partial charge in [0.15, 0.2) is 0 Å². The average molecular weight is 606 g/mol. The molecule has 11 heteroatoms. The number of hydrogen-bond donors (Lipinski definition) is 5. The van der Waals surface area contributed by atoms with Crippen LogP contribution in [0.25, 0.3) is 0 Å². The van der Waals surface area contributed by atoms with Gasteiger partial charge in [-0.1, -0.05) is 80.6 Å². The highest BCUT2D eigenvalue weighted by atomic mass is 16.5. The fraction of sp³-hybridized carbons (Fsp3) is 0.424. The lowest BCUT2D eigenvalue weighted by atomic mass is 10.0. The van der Waals surface area contributed by atoms with Crippen LogP contribution in [0, 0.1) is 5.92 Å². The van der Waals surface area contributed by atoms with E-state index >= 15 is 0 Å². The summed E-state index contributed by atoms with van der Waals surface area (Å²) in [7, 11) is 1.24. The normalized spacial score (nSPS) is 18.8. The zero-order valence-electron chi connectivity index (χ0n) is 25.5. The fourth-order valence-corrected chi connectivity index (χ4v) is 4.83. The molecule has 0 saturated heterocycles. The second kappa shape index (κ2) is 17.4. The topological polar surface area (TPSA) is 155 Å². The maximum absolute atomic E-state index is 13.7. The quantitative estimate of drug-likeness (QED) is 0.262. The Kier molecular flexibility index (Phi) is 13.4. The second-order valence-corrected chi connectivity index (χ2v) is 11.1. The summed E-state index contributed by atoms with van der Waals surface area (Å²) in [5, 5.41) is 14.0. The molecule has 4 atom stereocenters. The van der Waals surface area contributed by atoms with Crippen molar-refractivity contribution in [1.29, 1.82) is 0 Å².